The molecular weight excluding hydrogens is 320 g/mol. The average Bonchev–Trinajstić information content (AvgIpc) is 2.66. The van der Waals surface area contributed by atoms with Crippen molar-refractivity contribution in [3.05, 3.63) is 70.9 Å². The highest BCUT2D eigenvalue weighted by molar-refractivity contribution is 5.95. The van der Waals surface area contributed by atoms with Crippen molar-refractivity contribution in [2.24, 2.45) is 0 Å². The van der Waals surface area contributed by atoms with Crippen LogP contribution in [0.2, 0.25) is 0 Å². The van der Waals surface area contributed by atoms with Gasteiger partial charge in [-0.25, -0.2) is 9.59 Å². The summed E-state index contributed by atoms with van der Waals surface area (Å²) in [4.78, 5) is 25.9. The highest BCUT2D eigenvalue weighted by atomic mass is 16.6. The van der Waals surface area contributed by atoms with Crippen molar-refractivity contribution in [1.29, 1.82) is 0 Å². The molecule has 2 aromatic carbocycles. The molecule has 0 saturated heterocycles. The van der Waals surface area contributed by atoms with Crippen LogP contribution in [0, 0.1) is 5.21 Å². The first-order chi connectivity index (χ1) is 12.0. The van der Waals surface area contributed by atoms with Gasteiger partial charge in [-0.3, -0.25) is 9.55 Å². The molecule has 2 atom stereocenters. The number of rotatable bonds is 3. The van der Waals surface area contributed by atoms with E-state index < -0.39 is 22.7 Å². The molecule has 0 aliphatic carbocycles. The number of fused-ring (bicyclic) bond motifs is 1. The fourth-order valence-corrected chi connectivity index (χ4v) is 3.32. The molecule has 3 rings (SSSR count). The summed E-state index contributed by atoms with van der Waals surface area (Å²) in [6, 6.07) is 14.8. The van der Waals surface area contributed by atoms with E-state index in [-0.39, 0.29) is 19.5 Å². The van der Waals surface area contributed by atoms with E-state index in [1.807, 2.05) is 24.3 Å². The SMILES string of the molecule is CC[N+]([O-])(C(=O)C1Cc2ccccc2CN1C(=O)O)c1ccccc1. The highest BCUT2D eigenvalue weighted by Crippen LogP contribution is 2.29. The van der Waals surface area contributed by atoms with E-state index in [9.17, 15) is 19.9 Å². The molecule has 130 valence electrons. The molecule has 25 heavy (non-hydrogen) atoms. The van der Waals surface area contributed by atoms with Gasteiger partial charge in [0.2, 0.25) is 0 Å². The number of para-hydroxylation sites is 1. The van der Waals surface area contributed by atoms with Gasteiger partial charge < -0.3 is 10.3 Å². The fraction of sp³-hybridized carbons (Fsp3) is 0.263. The first kappa shape index (κ1) is 17.1. The maximum Gasteiger partial charge on any atom is 0.408 e. The van der Waals surface area contributed by atoms with Crippen molar-refractivity contribution in [2.75, 3.05) is 6.54 Å². The number of nitrogens with zero attached hydrogens (tertiary/aromatic N) is 2. The molecule has 2 amide bonds. The summed E-state index contributed by atoms with van der Waals surface area (Å²) in [7, 11) is 0. The Morgan fingerprint density at radius 1 is 1.12 bits per heavy atom. The number of carboxylic acid groups (broad SMARTS) is 1. The number of benzene rings is 2. The second kappa shape index (κ2) is 6.66. The Balaban J connectivity index is 2.00. The fourth-order valence-electron chi connectivity index (χ4n) is 3.32. The normalized spacial score (nSPS) is 19.0. The van der Waals surface area contributed by atoms with Gasteiger partial charge in [0, 0.05) is 6.42 Å². The first-order valence-electron chi connectivity index (χ1n) is 8.23. The highest BCUT2D eigenvalue weighted by Gasteiger charge is 2.43. The second-order valence-electron chi connectivity index (χ2n) is 6.13. The van der Waals surface area contributed by atoms with Crippen LogP contribution in [-0.4, -0.2) is 34.6 Å². The molecule has 0 aromatic heterocycles. The van der Waals surface area contributed by atoms with Crippen LogP contribution in [0.1, 0.15) is 18.1 Å². The summed E-state index contributed by atoms with van der Waals surface area (Å²) in [5.74, 6) is -0.648. The van der Waals surface area contributed by atoms with Gasteiger partial charge in [-0.15, -0.1) is 0 Å². The number of hydrogen-bond donors (Lipinski definition) is 1. The lowest BCUT2D eigenvalue weighted by Gasteiger charge is -2.43. The predicted molar refractivity (Wildman–Crippen MR) is 94.7 cm³/mol. The molecular formula is C19H20N2O4. The summed E-state index contributed by atoms with van der Waals surface area (Å²) < 4.78 is -1.17. The van der Waals surface area contributed by atoms with Crippen LogP contribution in [0.25, 0.3) is 0 Å². The lowest BCUT2D eigenvalue weighted by molar-refractivity contribution is -0.133. The van der Waals surface area contributed by atoms with Crippen LogP contribution in [-0.2, 0) is 17.8 Å². The number of hydrogen-bond acceptors (Lipinski definition) is 3. The van der Waals surface area contributed by atoms with Gasteiger partial charge in [0.15, 0.2) is 6.04 Å². The summed E-state index contributed by atoms with van der Waals surface area (Å²) in [6.07, 6.45) is -0.973. The number of carbonyl (C=O) groups is 2. The molecule has 0 radical (unpaired) electrons. The van der Waals surface area contributed by atoms with Crippen LogP contribution in [0.4, 0.5) is 10.5 Å². The zero-order chi connectivity index (χ0) is 18.0. The van der Waals surface area contributed by atoms with E-state index in [1.54, 1.807) is 37.3 Å². The Kier molecular flexibility index (Phi) is 4.57. The molecule has 0 saturated carbocycles. The van der Waals surface area contributed by atoms with Gasteiger partial charge in [0.25, 0.3) is 0 Å². The lowest BCUT2D eigenvalue weighted by Crippen LogP contribution is -2.60. The Morgan fingerprint density at radius 2 is 1.72 bits per heavy atom. The Labute approximate surface area is 146 Å². The van der Waals surface area contributed by atoms with E-state index in [4.69, 9.17) is 0 Å². The third-order valence-corrected chi connectivity index (χ3v) is 4.75. The van der Waals surface area contributed by atoms with Crippen LogP contribution in [0.3, 0.4) is 0 Å². The largest absolute Gasteiger partial charge is 0.620 e. The van der Waals surface area contributed by atoms with E-state index in [2.05, 4.69) is 0 Å². The van der Waals surface area contributed by atoms with Crippen LogP contribution in [0.15, 0.2) is 54.6 Å². The molecule has 0 spiro atoms. The smallest absolute Gasteiger partial charge is 0.408 e. The van der Waals surface area contributed by atoms with Crippen molar-refractivity contribution >= 4 is 17.7 Å². The summed E-state index contributed by atoms with van der Waals surface area (Å²) in [5.41, 5.74) is 2.10. The van der Waals surface area contributed by atoms with Crippen molar-refractivity contribution in [1.82, 2.24) is 9.55 Å². The Bertz CT molecular complexity index is 793. The Morgan fingerprint density at radius 3 is 2.32 bits per heavy atom. The number of amides is 2. The van der Waals surface area contributed by atoms with Crippen molar-refractivity contribution < 1.29 is 14.7 Å². The molecule has 1 aliphatic rings. The van der Waals surface area contributed by atoms with Gasteiger partial charge in [-0.1, -0.05) is 42.5 Å². The molecule has 2 aromatic rings. The van der Waals surface area contributed by atoms with Gasteiger partial charge in [-0.05, 0) is 30.2 Å². The number of likely N-dealkylation sites (N-methyl/N-ethyl adjacent to an activating group) is 1. The molecule has 1 aliphatic heterocycles. The van der Waals surface area contributed by atoms with Crippen LogP contribution < -0.4 is 4.65 Å². The molecule has 0 fully saturated rings. The minimum Gasteiger partial charge on any atom is -0.620 e. The van der Waals surface area contributed by atoms with E-state index in [1.165, 1.54) is 0 Å². The molecule has 6 nitrogen and oxygen atoms in total. The topological polar surface area (TPSA) is 80.7 Å². The Hall–Kier alpha value is -2.70. The maximum atomic E-state index is 13.3. The minimum absolute atomic E-state index is 0.00839. The summed E-state index contributed by atoms with van der Waals surface area (Å²) in [6.45, 7) is 1.76. The zero-order valence-corrected chi connectivity index (χ0v) is 14.0. The molecule has 1 N–H and O–H groups in total. The standard InChI is InChI=1S/C19H20N2O4/c1-2-21(25,16-10-4-3-5-11-16)18(22)17-12-14-8-6-7-9-15(14)13-20(17)19(23)24/h3-11,17H,2,12-13H2,1H3,(H,23,24). The van der Waals surface area contributed by atoms with Crippen LogP contribution in [0.5, 0.6) is 0 Å². The third kappa shape index (κ3) is 3.01. The third-order valence-electron chi connectivity index (χ3n) is 4.75. The number of quaternary nitrogens is 1. The van der Waals surface area contributed by atoms with Gasteiger partial charge in [0.05, 0.1) is 13.1 Å². The summed E-state index contributed by atoms with van der Waals surface area (Å²) >= 11 is 0. The zero-order valence-electron chi connectivity index (χ0n) is 14.0. The number of carbonyl (C=O) groups excluding carboxylic acids is 1. The first-order valence-corrected chi connectivity index (χ1v) is 8.23. The monoisotopic (exact) mass is 340 g/mol. The molecule has 1 heterocycles. The van der Waals surface area contributed by atoms with Crippen molar-refractivity contribution in [3.63, 3.8) is 0 Å². The van der Waals surface area contributed by atoms with Crippen LogP contribution >= 0.6 is 0 Å². The average molecular weight is 340 g/mol. The minimum atomic E-state index is -1.19. The van der Waals surface area contributed by atoms with Gasteiger partial charge >= 0.3 is 12.0 Å². The van der Waals surface area contributed by atoms with E-state index in [0.29, 0.717) is 5.69 Å². The lowest BCUT2D eigenvalue weighted by atomic mass is 9.93. The molecule has 6 heteroatoms. The van der Waals surface area contributed by atoms with Crippen molar-refractivity contribution in [3.8, 4) is 0 Å². The quantitative estimate of drug-likeness (QED) is 0.687. The molecule has 2 unspecified atom stereocenters. The van der Waals surface area contributed by atoms with E-state index in [0.717, 1.165) is 16.0 Å². The van der Waals surface area contributed by atoms with E-state index >= 15 is 0 Å². The van der Waals surface area contributed by atoms with Gasteiger partial charge in [-0.2, -0.15) is 0 Å². The summed E-state index contributed by atoms with van der Waals surface area (Å²) in [5, 5.41) is 22.9. The van der Waals surface area contributed by atoms with Crippen molar-refractivity contribution in [2.45, 2.75) is 25.9 Å². The van der Waals surface area contributed by atoms with Gasteiger partial charge in [0.1, 0.15) is 5.69 Å². The maximum absolute atomic E-state index is 13.3. The number of hydroxylamine groups is 2. The predicted octanol–water partition coefficient (Wildman–Crippen LogP) is 3.14. The second-order valence-corrected chi connectivity index (χ2v) is 6.13. The molecule has 0 bridgehead atoms.